The van der Waals surface area contributed by atoms with E-state index in [1.54, 1.807) is 17.3 Å². The van der Waals surface area contributed by atoms with Gasteiger partial charge >= 0.3 is 6.03 Å². The molecule has 2 N–H and O–H groups in total. The number of carbonyl (C=O) groups excluding carboxylic acids is 1. The van der Waals surface area contributed by atoms with Crippen LogP contribution in [-0.2, 0) is 16.4 Å². The molecule has 8 heteroatoms. The van der Waals surface area contributed by atoms with E-state index in [1.807, 2.05) is 12.1 Å². The topological polar surface area (TPSA) is 91.4 Å². The average Bonchev–Trinajstić information content (AvgIpc) is 2.53. The number of amides is 2. The SMILES string of the molecule is CS(=O)(=O)NC[C@@H]1CCCCN1C(=O)NCCc1cccnc1. The highest BCUT2D eigenvalue weighted by molar-refractivity contribution is 7.88. The number of likely N-dealkylation sites (tertiary alicyclic amines) is 1. The van der Waals surface area contributed by atoms with Crippen LogP contribution >= 0.6 is 0 Å². The zero-order valence-corrected chi connectivity index (χ0v) is 14.2. The zero-order chi connectivity index (χ0) is 16.7. The van der Waals surface area contributed by atoms with Crippen molar-refractivity contribution in [1.82, 2.24) is 19.9 Å². The third-order valence-electron chi connectivity index (χ3n) is 3.88. The summed E-state index contributed by atoms with van der Waals surface area (Å²) in [6.07, 6.45) is 8.13. The van der Waals surface area contributed by atoms with Crippen LogP contribution in [0.1, 0.15) is 24.8 Å². The number of rotatable bonds is 6. The lowest BCUT2D eigenvalue weighted by Crippen LogP contribution is -2.52. The second kappa shape index (κ2) is 8.26. The molecule has 23 heavy (non-hydrogen) atoms. The summed E-state index contributed by atoms with van der Waals surface area (Å²) in [5, 5.41) is 2.91. The Bertz CT molecular complexity index is 606. The maximum Gasteiger partial charge on any atom is 0.317 e. The van der Waals surface area contributed by atoms with E-state index in [-0.39, 0.29) is 18.6 Å². The molecule has 1 aromatic heterocycles. The van der Waals surface area contributed by atoms with Crippen molar-refractivity contribution in [2.45, 2.75) is 31.7 Å². The van der Waals surface area contributed by atoms with Gasteiger partial charge in [-0.05, 0) is 37.3 Å². The third-order valence-corrected chi connectivity index (χ3v) is 4.57. The van der Waals surface area contributed by atoms with Crippen LogP contribution in [0.25, 0.3) is 0 Å². The van der Waals surface area contributed by atoms with Gasteiger partial charge in [-0.3, -0.25) is 4.98 Å². The number of aromatic nitrogens is 1. The van der Waals surface area contributed by atoms with Gasteiger partial charge in [-0.15, -0.1) is 0 Å². The molecule has 0 bridgehead atoms. The van der Waals surface area contributed by atoms with E-state index in [9.17, 15) is 13.2 Å². The lowest BCUT2D eigenvalue weighted by atomic mass is 10.0. The molecule has 0 aromatic carbocycles. The summed E-state index contributed by atoms with van der Waals surface area (Å²) in [5.41, 5.74) is 1.07. The Morgan fingerprint density at radius 2 is 2.26 bits per heavy atom. The second-order valence-corrected chi connectivity index (χ2v) is 7.64. The molecule has 128 valence electrons. The van der Waals surface area contributed by atoms with Gasteiger partial charge in [0.2, 0.25) is 10.0 Å². The van der Waals surface area contributed by atoms with E-state index in [1.165, 1.54) is 0 Å². The molecule has 1 fully saturated rings. The predicted molar refractivity (Wildman–Crippen MR) is 88.5 cm³/mol. The first-order valence-electron chi connectivity index (χ1n) is 7.84. The van der Waals surface area contributed by atoms with Gasteiger partial charge in [0.1, 0.15) is 0 Å². The fraction of sp³-hybridized carbons (Fsp3) is 0.600. The van der Waals surface area contributed by atoms with Crippen LogP contribution < -0.4 is 10.0 Å². The van der Waals surface area contributed by atoms with E-state index in [4.69, 9.17) is 0 Å². The summed E-state index contributed by atoms with van der Waals surface area (Å²) < 4.78 is 25.0. The number of hydrogen-bond donors (Lipinski definition) is 2. The molecule has 1 aliphatic rings. The summed E-state index contributed by atoms with van der Waals surface area (Å²) in [5.74, 6) is 0. The molecule has 1 aliphatic heterocycles. The molecule has 2 amide bonds. The highest BCUT2D eigenvalue weighted by Gasteiger charge is 2.26. The van der Waals surface area contributed by atoms with E-state index in [0.717, 1.165) is 37.5 Å². The van der Waals surface area contributed by atoms with Crippen molar-refractivity contribution in [1.29, 1.82) is 0 Å². The van der Waals surface area contributed by atoms with Gasteiger partial charge in [-0.2, -0.15) is 0 Å². The monoisotopic (exact) mass is 340 g/mol. The Balaban J connectivity index is 1.82. The Hall–Kier alpha value is -1.67. The summed E-state index contributed by atoms with van der Waals surface area (Å²) in [6, 6.07) is 3.62. The highest BCUT2D eigenvalue weighted by Crippen LogP contribution is 2.16. The van der Waals surface area contributed by atoms with Crippen LogP contribution in [-0.4, -0.2) is 56.3 Å². The molecule has 0 unspecified atom stereocenters. The maximum atomic E-state index is 12.3. The van der Waals surface area contributed by atoms with Crippen molar-refractivity contribution in [2.24, 2.45) is 0 Å². The zero-order valence-electron chi connectivity index (χ0n) is 13.4. The van der Waals surface area contributed by atoms with Crippen molar-refractivity contribution >= 4 is 16.1 Å². The van der Waals surface area contributed by atoms with Crippen LogP contribution in [0.5, 0.6) is 0 Å². The lowest BCUT2D eigenvalue weighted by Gasteiger charge is -2.35. The first kappa shape index (κ1) is 17.7. The van der Waals surface area contributed by atoms with Crippen molar-refractivity contribution in [3.8, 4) is 0 Å². The summed E-state index contributed by atoms with van der Waals surface area (Å²) in [4.78, 5) is 18.1. The molecule has 1 saturated heterocycles. The molecule has 7 nitrogen and oxygen atoms in total. The summed E-state index contributed by atoms with van der Waals surface area (Å²) in [7, 11) is -3.24. The van der Waals surface area contributed by atoms with Gasteiger partial charge in [0.15, 0.2) is 0 Å². The molecule has 0 spiro atoms. The van der Waals surface area contributed by atoms with Gasteiger partial charge < -0.3 is 10.2 Å². The number of nitrogens with one attached hydrogen (secondary N) is 2. The predicted octanol–water partition coefficient (Wildman–Crippen LogP) is 0.737. The van der Waals surface area contributed by atoms with Crippen molar-refractivity contribution in [2.75, 3.05) is 25.9 Å². The lowest BCUT2D eigenvalue weighted by molar-refractivity contribution is 0.152. The Labute approximate surface area is 137 Å². The molecule has 2 heterocycles. The molecule has 0 saturated carbocycles. The van der Waals surface area contributed by atoms with Crippen LogP contribution in [0, 0.1) is 0 Å². The first-order chi connectivity index (χ1) is 11.0. The van der Waals surface area contributed by atoms with Gasteiger partial charge in [0.25, 0.3) is 0 Å². The number of carbonyl (C=O) groups is 1. The number of nitrogens with zero attached hydrogens (tertiary/aromatic N) is 2. The van der Waals surface area contributed by atoms with Crippen molar-refractivity contribution in [3.63, 3.8) is 0 Å². The smallest absolute Gasteiger partial charge is 0.317 e. The normalized spacial score (nSPS) is 18.7. The standard InChI is InChI=1S/C15H24N4O3S/c1-23(21,22)18-12-14-6-2-3-10-19(14)15(20)17-9-7-13-5-4-8-16-11-13/h4-5,8,11,14,18H,2-3,6-7,9-10,12H2,1H3,(H,17,20)/t14-/m0/s1. The molecular formula is C15H24N4O3S. The van der Waals surface area contributed by atoms with E-state index >= 15 is 0 Å². The fourth-order valence-electron chi connectivity index (χ4n) is 2.69. The van der Waals surface area contributed by atoms with Crippen molar-refractivity contribution < 1.29 is 13.2 Å². The molecule has 1 aromatic rings. The molecule has 2 rings (SSSR count). The third kappa shape index (κ3) is 6.15. The summed E-state index contributed by atoms with van der Waals surface area (Å²) >= 11 is 0. The van der Waals surface area contributed by atoms with Gasteiger partial charge in [-0.25, -0.2) is 17.9 Å². The van der Waals surface area contributed by atoms with E-state index in [0.29, 0.717) is 13.1 Å². The van der Waals surface area contributed by atoms with Gasteiger partial charge in [-0.1, -0.05) is 6.07 Å². The Kier molecular flexibility index (Phi) is 6.35. The van der Waals surface area contributed by atoms with Gasteiger partial charge in [0.05, 0.1) is 6.26 Å². The average molecular weight is 340 g/mol. The highest BCUT2D eigenvalue weighted by atomic mass is 32.2. The number of pyridine rings is 1. The molecule has 0 aliphatic carbocycles. The number of piperidine rings is 1. The largest absolute Gasteiger partial charge is 0.338 e. The Morgan fingerprint density at radius 3 is 2.96 bits per heavy atom. The van der Waals surface area contributed by atoms with Crippen LogP contribution in [0.15, 0.2) is 24.5 Å². The Morgan fingerprint density at radius 1 is 1.43 bits per heavy atom. The quantitative estimate of drug-likeness (QED) is 0.799. The number of urea groups is 1. The summed E-state index contributed by atoms with van der Waals surface area (Å²) in [6.45, 7) is 1.47. The minimum absolute atomic E-state index is 0.0862. The first-order valence-corrected chi connectivity index (χ1v) is 9.73. The van der Waals surface area contributed by atoms with E-state index in [2.05, 4.69) is 15.0 Å². The van der Waals surface area contributed by atoms with Crippen LogP contribution in [0.4, 0.5) is 4.79 Å². The minimum atomic E-state index is -3.24. The van der Waals surface area contributed by atoms with Gasteiger partial charge in [0, 0.05) is 38.1 Å². The second-order valence-electron chi connectivity index (χ2n) is 5.81. The van der Waals surface area contributed by atoms with Crippen LogP contribution in [0.2, 0.25) is 0 Å². The molecule has 1 atom stereocenters. The fourth-order valence-corrected chi connectivity index (χ4v) is 3.18. The maximum absolute atomic E-state index is 12.3. The van der Waals surface area contributed by atoms with Crippen molar-refractivity contribution in [3.05, 3.63) is 30.1 Å². The minimum Gasteiger partial charge on any atom is -0.338 e. The molecule has 0 radical (unpaired) electrons. The number of hydrogen-bond acceptors (Lipinski definition) is 4. The van der Waals surface area contributed by atoms with E-state index < -0.39 is 10.0 Å². The number of sulfonamides is 1. The molecular weight excluding hydrogens is 316 g/mol. The van der Waals surface area contributed by atoms with Crippen LogP contribution in [0.3, 0.4) is 0 Å².